The monoisotopic (exact) mass is 206 g/mol. The molecule has 0 unspecified atom stereocenters. The van der Waals surface area contributed by atoms with E-state index in [0.717, 1.165) is 6.08 Å². The number of hydrogen-bond donors (Lipinski definition) is 1. The molecule has 0 aliphatic heterocycles. The first-order valence-electron chi connectivity index (χ1n) is 4.23. The van der Waals surface area contributed by atoms with Crippen molar-refractivity contribution < 1.29 is 19.4 Å². The number of aliphatic carboxylic acids is 1. The van der Waals surface area contributed by atoms with E-state index in [9.17, 15) is 9.59 Å². The Morgan fingerprint density at radius 1 is 1.40 bits per heavy atom. The van der Waals surface area contributed by atoms with Crippen molar-refractivity contribution in [1.82, 2.24) is 0 Å². The molecule has 1 aromatic carbocycles. The number of para-hydroxylation sites is 1. The van der Waals surface area contributed by atoms with E-state index in [2.05, 4.69) is 0 Å². The van der Waals surface area contributed by atoms with Gasteiger partial charge in [-0.25, -0.2) is 4.79 Å². The van der Waals surface area contributed by atoms with Crippen LogP contribution in [-0.2, 0) is 9.59 Å². The number of aldehydes is 1. The Balaban J connectivity index is 3.28. The largest absolute Gasteiger partial charge is 0.496 e. The second-order valence-corrected chi connectivity index (χ2v) is 2.72. The van der Waals surface area contributed by atoms with Gasteiger partial charge in [0.15, 0.2) is 0 Å². The van der Waals surface area contributed by atoms with Gasteiger partial charge < -0.3 is 9.84 Å². The Hall–Kier alpha value is -2.10. The summed E-state index contributed by atoms with van der Waals surface area (Å²) in [7, 11) is 1.44. The van der Waals surface area contributed by atoms with E-state index in [1.54, 1.807) is 24.3 Å². The van der Waals surface area contributed by atoms with Crippen LogP contribution in [0, 0.1) is 0 Å². The van der Waals surface area contributed by atoms with Crippen molar-refractivity contribution in [2.45, 2.75) is 0 Å². The summed E-state index contributed by atoms with van der Waals surface area (Å²) >= 11 is 0. The lowest BCUT2D eigenvalue weighted by atomic mass is 10.0. The number of hydrogen-bond acceptors (Lipinski definition) is 3. The van der Waals surface area contributed by atoms with Crippen LogP contribution in [0.5, 0.6) is 5.75 Å². The van der Waals surface area contributed by atoms with Crippen LogP contribution in [-0.4, -0.2) is 24.5 Å². The van der Waals surface area contributed by atoms with Gasteiger partial charge in [0.1, 0.15) is 12.0 Å². The van der Waals surface area contributed by atoms with Gasteiger partial charge in [-0.3, -0.25) is 4.79 Å². The Labute approximate surface area is 86.8 Å². The molecule has 0 aromatic heterocycles. The molecular formula is C11H10O4. The normalized spacial score (nSPS) is 10.9. The molecule has 0 spiro atoms. The number of ether oxygens (including phenoxy) is 1. The van der Waals surface area contributed by atoms with Crippen LogP contribution in [0.25, 0.3) is 5.57 Å². The Morgan fingerprint density at radius 3 is 2.60 bits per heavy atom. The van der Waals surface area contributed by atoms with Gasteiger partial charge in [0.2, 0.25) is 0 Å². The maximum absolute atomic E-state index is 10.9. The second kappa shape index (κ2) is 4.95. The molecule has 4 nitrogen and oxygen atoms in total. The fraction of sp³-hybridized carbons (Fsp3) is 0.0909. The summed E-state index contributed by atoms with van der Waals surface area (Å²) < 4.78 is 5.00. The summed E-state index contributed by atoms with van der Waals surface area (Å²) in [4.78, 5) is 21.2. The maximum atomic E-state index is 10.9. The molecule has 4 heteroatoms. The minimum absolute atomic E-state index is 0.0811. The summed E-state index contributed by atoms with van der Waals surface area (Å²) in [5.74, 6) is -0.736. The average Bonchev–Trinajstić information content (AvgIpc) is 2.25. The lowest BCUT2D eigenvalue weighted by Gasteiger charge is -2.07. The van der Waals surface area contributed by atoms with Crippen LogP contribution < -0.4 is 4.74 Å². The zero-order valence-electron chi connectivity index (χ0n) is 8.14. The third-order valence-corrected chi connectivity index (χ3v) is 1.86. The van der Waals surface area contributed by atoms with E-state index in [-0.39, 0.29) is 5.57 Å². The van der Waals surface area contributed by atoms with Crippen molar-refractivity contribution in [2.75, 3.05) is 7.11 Å². The first kappa shape index (κ1) is 11.0. The van der Waals surface area contributed by atoms with Gasteiger partial charge in [-0.15, -0.1) is 0 Å². The fourth-order valence-electron chi connectivity index (χ4n) is 1.21. The summed E-state index contributed by atoms with van der Waals surface area (Å²) in [5, 5.41) is 8.90. The lowest BCUT2D eigenvalue weighted by molar-refractivity contribution is -0.130. The van der Waals surface area contributed by atoms with Crippen LogP contribution in [0.1, 0.15) is 5.56 Å². The van der Waals surface area contributed by atoms with Crippen molar-refractivity contribution in [3.05, 3.63) is 35.9 Å². The number of carboxylic acids is 1. The van der Waals surface area contributed by atoms with Crippen LogP contribution in [0.15, 0.2) is 30.3 Å². The quantitative estimate of drug-likeness (QED) is 0.596. The van der Waals surface area contributed by atoms with Gasteiger partial charge in [0.05, 0.1) is 12.7 Å². The SMILES string of the molecule is COc1ccccc1C(=CC=O)C(=O)O. The van der Waals surface area contributed by atoms with E-state index in [0.29, 0.717) is 17.6 Å². The fourth-order valence-corrected chi connectivity index (χ4v) is 1.21. The minimum atomic E-state index is -1.16. The van der Waals surface area contributed by atoms with E-state index < -0.39 is 5.97 Å². The number of carboxylic acid groups (broad SMARTS) is 1. The van der Waals surface area contributed by atoms with Crippen LogP contribution in [0.4, 0.5) is 0 Å². The Bertz CT molecular complexity index is 407. The molecule has 0 aliphatic rings. The summed E-state index contributed by atoms with van der Waals surface area (Å²) in [6, 6.07) is 6.63. The number of carbonyl (C=O) groups is 2. The van der Waals surface area contributed by atoms with Gasteiger partial charge >= 0.3 is 5.97 Å². The van der Waals surface area contributed by atoms with Gasteiger partial charge in [-0.2, -0.15) is 0 Å². The topological polar surface area (TPSA) is 63.6 Å². The smallest absolute Gasteiger partial charge is 0.336 e. The molecule has 0 saturated carbocycles. The van der Waals surface area contributed by atoms with Crippen molar-refractivity contribution in [2.24, 2.45) is 0 Å². The molecule has 1 aromatic rings. The third kappa shape index (κ3) is 2.43. The highest BCUT2D eigenvalue weighted by atomic mass is 16.5. The molecular weight excluding hydrogens is 196 g/mol. The third-order valence-electron chi connectivity index (χ3n) is 1.86. The molecule has 1 rings (SSSR count). The molecule has 0 amide bonds. The van der Waals surface area contributed by atoms with Crippen molar-refractivity contribution in [3.8, 4) is 5.75 Å². The van der Waals surface area contributed by atoms with Crippen LogP contribution >= 0.6 is 0 Å². The Morgan fingerprint density at radius 2 is 2.07 bits per heavy atom. The van der Waals surface area contributed by atoms with Gasteiger partial charge in [-0.05, 0) is 12.1 Å². The predicted octanol–water partition coefficient (Wildman–Crippen LogP) is 1.36. The van der Waals surface area contributed by atoms with Crippen LogP contribution in [0.3, 0.4) is 0 Å². The highest BCUT2D eigenvalue weighted by Crippen LogP contribution is 2.25. The molecule has 0 bridgehead atoms. The highest BCUT2D eigenvalue weighted by Gasteiger charge is 2.13. The second-order valence-electron chi connectivity index (χ2n) is 2.72. The molecule has 0 saturated heterocycles. The first-order chi connectivity index (χ1) is 7.20. The van der Waals surface area contributed by atoms with E-state index >= 15 is 0 Å². The summed E-state index contributed by atoms with van der Waals surface area (Å²) in [5.41, 5.74) is 0.307. The number of benzene rings is 1. The molecule has 0 fully saturated rings. The van der Waals surface area contributed by atoms with Crippen LogP contribution in [0.2, 0.25) is 0 Å². The number of carbonyl (C=O) groups excluding carboxylic acids is 1. The van der Waals surface area contributed by atoms with Crippen molar-refractivity contribution in [3.63, 3.8) is 0 Å². The molecule has 78 valence electrons. The van der Waals surface area contributed by atoms with Gasteiger partial charge in [0.25, 0.3) is 0 Å². The standard InChI is InChI=1S/C11H10O4/c1-15-10-5-3-2-4-8(10)9(6-7-12)11(13)14/h2-7H,1H3,(H,13,14). The van der Waals surface area contributed by atoms with E-state index in [4.69, 9.17) is 9.84 Å². The summed E-state index contributed by atoms with van der Waals surface area (Å²) in [6.07, 6.45) is 1.44. The molecule has 1 N–H and O–H groups in total. The van der Waals surface area contributed by atoms with Gasteiger partial charge in [-0.1, -0.05) is 18.2 Å². The van der Waals surface area contributed by atoms with Crippen molar-refractivity contribution in [1.29, 1.82) is 0 Å². The molecule has 0 radical (unpaired) electrons. The highest BCUT2D eigenvalue weighted by molar-refractivity contribution is 6.18. The first-order valence-corrected chi connectivity index (χ1v) is 4.23. The minimum Gasteiger partial charge on any atom is -0.496 e. The predicted molar refractivity (Wildman–Crippen MR) is 54.7 cm³/mol. The molecule has 15 heavy (non-hydrogen) atoms. The number of allylic oxidation sites excluding steroid dienone is 1. The molecule has 0 heterocycles. The van der Waals surface area contributed by atoms with E-state index in [1.807, 2.05) is 0 Å². The zero-order chi connectivity index (χ0) is 11.3. The summed E-state index contributed by atoms with van der Waals surface area (Å²) in [6.45, 7) is 0. The van der Waals surface area contributed by atoms with E-state index in [1.165, 1.54) is 7.11 Å². The zero-order valence-corrected chi connectivity index (χ0v) is 8.14. The number of methoxy groups -OCH3 is 1. The van der Waals surface area contributed by atoms with Gasteiger partial charge in [0, 0.05) is 5.56 Å². The Kier molecular flexibility index (Phi) is 3.62. The van der Waals surface area contributed by atoms with Crippen molar-refractivity contribution >= 4 is 17.8 Å². The average molecular weight is 206 g/mol. The number of rotatable bonds is 4. The molecule has 0 atom stereocenters. The lowest BCUT2D eigenvalue weighted by Crippen LogP contribution is -2.02. The molecule has 0 aliphatic carbocycles. The maximum Gasteiger partial charge on any atom is 0.336 e.